The van der Waals surface area contributed by atoms with Gasteiger partial charge in [0.1, 0.15) is 11.6 Å². The van der Waals surface area contributed by atoms with E-state index < -0.39 is 10.0 Å². The van der Waals surface area contributed by atoms with Gasteiger partial charge in [-0.25, -0.2) is 17.8 Å². The molecule has 0 radical (unpaired) electrons. The average molecular weight is 351 g/mol. The van der Waals surface area contributed by atoms with E-state index >= 15 is 0 Å². The molecule has 0 amide bonds. The van der Waals surface area contributed by atoms with Crippen molar-refractivity contribution in [2.45, 2.75) is 26.2 Å². The van der Waals surface area contributed by atoms with Crippen molar-refractivity contribution in [1.82, 2.24) is 4.98 Å². The minimum atomic E-state index is -3.33. The molecule has 0 saturated carbocycles. The third kappa shape index (κ3) is 6.16. The summed E-state index contributed by atoms with van der Waals surface area (Å²) in [4.78, 5) is 4.11. The lowest BCUT2D eigenvalue weighted by atomic mass is 10.1. The molecular weight excluding hydrogens is 329 g/mol. The molecule has 0 aliphatic heterocycles. The molecule has 2 aromatic rings. The number of anilines is 2. The van der Waals surface area contributed by atoms with Crippen molar-refractivity contribution in [3.05, 3.63) is 54.0 Å². The molecule has 7 heteroatoms. The molecule has 2 rings (SSSR count). The number of halogens is 1. The Hall–Kier alpha value is -2.15. The number of hydrogen-bond acceptors (Lipinski definition) is 4. The van der Waals surface area contributed by atoms with Gasteiger partial charge >= 0.3 is 0 Å². The molecule has 0 saturated heterocycles. The molecule has 0 unspecified atom stereocenters. The van der Waals surface area contributed by atoms with Crippen LogP contribution in [0, 0.1) is 5.82 Å². The third-order valence-electron chi connectivity index (χ3n) is 3.45. The molecule has 0 spiro atoms. The standard InChI is InChI=1S/C17H22FN3O2S/c1-2-3-12-24(22,23)21-17-9-8-16(13-20-17)19-11-10-14-4-6-15(18)7-5-14/h4-9,13,19H,2-3,10-12H2,1H3,(H,20,21). The van der Waals surface area contributed by atoms with Gasteiger partial charge in [-0.3, -0.25) is 4.72 Å². The highest BCUT2D eigenvalue weighted by Gasteiger charge is 2.10. The fourth-order valence-electron chi connectivity index (χ4n) is 2.11. The maximum atomic E-state index is 12.8. The Labute approximate surface area is 142 Å². The topological polar surface area (TPSA) is 71.1 Å². The van der Waals surface area contributed by atoms with Crippen molar-refractivity contribution < 1.29 is 12.8 Å². The van der Waals surface area contributed by atoms with Crippen molar-refractivity contribution >= 4 is 21.5 Å². The molecule has 1 aromatic heterocycles. The number of benzene rings is 1. The van der Waals surface area contributed by atoms with Gasteiger partial charge in [-0.2, -0.15) is 0 Å². The number of unbranched alkanes of at least 4 members (excludes halogenated alkanes) is 1. The summed E-state index contributed by atoms with van der Waals surface area (Å²) in [5.41, 5.74) is 1.84. The lowest BCUT2D eigenvalue weighted by Crippen LogP contribution is -2.17. The van der Waals surface area contributed by atoms with Crippen LogP contribution in [-0.4, -0.2) is 25.7 Å². The van der Waals surface area contributed by atoms with E-state index in [-0.39, 0.29) is 11.6 Å². The Bertz CT molecular complexity index is 731. The summed E-state index contributed by atoms with van der Waals surface area (Å²) in [6, 6.07) is 9.79. The van der Waals surface area contributed by atoms with E-state index in [2.05, 4.69) is 15.0 Å². The Kier molecular flexibility index (Phi) is 6.54. The van der Waals surface area contributed by atoms with Gasteiger partial charge < -0.3 is 5.32 Å². The Morgan fingerprint density at radius 2 is 1.88 bits per heavy atom. The van der Waals surface area contributed by atoms with E-state index in [1.165, 1.54) is 12.1 Å². The predicted octanol–water partition coefficient (Wildman–Crippen LogP) is 3.42. The van der Waals surface area contributed by atoms with Gasteiger partial charge in [0.15, 0.2) is 0 Å². The molecule has 0 bridgehead atoms. The zero-order chi connectivity index (χ0) is 17.4. The van der Waals surface area contributed by atoms with Crippen molar-refractivity contribution in [2.75, 3.05) is 22.3 Å². The van der Waals surface area contributed by atoms with Gasteiger partial charge in [0, 0.05) is 6.54 Å². The van der Waals surface area contributed by atoms with E-state index in [9.17, 15) is 12.8 Å². The molecule has 5 nitrogen and oxygen atoms in total. The minimum Gasteiger partial charge on any atom is -0.383 e. The molecule has 0 fully saturated rings. The molecule has 0 aliphatic carbocycles. The number of rotatable bonds is 9. The van der Waals surface area contributed by atoms with Crippen LogP contribution in [0.15, 0.2) is 42.6 Å². The van der Waals surface area contributed by atoms with Gasteiger partial charge in [-0.15, -0.1) is 0 Å². The monoisotopic (exact) mass is 351 g/mol. The molecule has 0 aliphatic rings. The Morgan fingerprint density at radius 3 is 2.50 bits per heavy atom. The van der Waals surface area contributed by atoms with Gasteiger partial charge in [0.2, 0.25) is 10.0 Å². The Morgan fingerprint density at radius 1 is 1.12 bits per heavy atom. The first kappa shape index (κ1) is 18.2. The van der Waals surface area contributed by atoms with E-state index in [1.807, 2.05) is 6.92 Å². The number of nitrogens with zero attached hydrogens (tertiary/aromatic N) is 1. The van der Waals surface area contributed by atoms with Crippen molar-refractivity contribution in [3.63, 3.8) is 0 Å². The second kappa shape index (κ2) is 8.63. The minimum absolute atomic E-state index is 0.100. The number of aromatic nitrogens is 1. The van der Waals surface area contributed by atoms with Crippen LogP contribution in [0.1, 0.15) is 25.3 Å². The quantitative estimate of drug-likeness (QED) is 0.726. The average Bonchev–Trinajstić information content (AvgIpc) is 2.56. The van der Waals surface area contributed by atoms with Crippen LogP contribution in [-0.2, 0) is 16.4 Å². The summed E-state index contributed by atoms with van der Waals surface area (Å²) in [6.45, 7) is 2.62. The van der Waals surface area contributed by atoms with Crippen LogP contribution in [0.25, 0.3) is 0 Å². The Balaban J connectivity index is 1.82. The van der Waals surface area contributed by atoms with Crippen LogP contribution in [0.3, 0.4) is 0 Å². The summed E-state index contributed by atoms with van der Waals surface area (Å²) in [6.07, 6.45) is 3.79. The van der Waals surface area contributed by atoms with Gasteiger partial charge in [-0.05, 0) is 42.7 Å². The van der Waals surface area contributed by atoms with Crippen LogP contribution < -0.4 is 10.0 Å². The van der Waals surface area contributed by atoms with Crippen LogP contribution in [0.2, 0.25) is 0 Å². The summed E-state index contributed by atoms with van der Waals surface area (Å²) < 4.78 is 38.9. The number of pyridine rings is 1. The lowest BCUT2D eigenvalue weighted by Gasteiger charge is -2.09. The molecule has 0 atom stereocenters. The highest BCUT2D eigenvalue weighted by Crippen LogP contribution is 2.12. The van der Waals surface area contributed by atoms with Gasteiger partial charge in [0.25, 0.3) is 0 Å². The lowest BCUT2D eigenvalue weighted by molar-refractivity contribution is 0.597. The van der Waals surface area contributed by atoms with Gasteiger partial charge in [0.05, 0.1) is 17.6 Å². The fourth-order valence-corrected chi connectivity index (χ4v) is 3.32. The van der Waals surface area contributed by atoms with Crippen molar-refractivity contribution in [3.8, 4) is 0 Å². The molecule has 130 valence electrons. The third-order valence-corrected chi connectivity index (χ3v) is 4.79. The summed E-state index contributed by atoms with van der Waals surface area (Å²) >= 11 is 0. The van der Waals surface area contributed by atoms with Crippen LogP contribution >= 0.6 is 0 Å². The highest BCUT2D eigenvalue weighted by molar-refractivity contribution is 7.92. The number of hydrogen-bond donors (Lipinski definition) is 2. The SMILES string of the molecule is CCCCS(=O)(=O)Nc1ccc(NCCc2ccc(F)cc2)cn1. The second-order valence-corrected chi connectivity index (χ2v) is 7.35. The van der Waals surface area contributed by atoms with Crippen LogP contribution in [0.5, 0.6) is 0 Å². The van der Waals surface area contributed by atoms with Crippen molar-refractivity contribution in [1.29, 1.82) is 0 Å². The van der Waals surface area contributed by atoms with Crippen molar-refractivity contribution in [2.24, 2.45) is 0 Å². The van der Waals surface area contributed by atoms with E-state index in [0.717, 1.165) is 24.1 Å². The maximum Gasteiger partial charge on any atom is 0.233 e. The van der Waals surface area contributed by atoms with E-state index in [0.29, 0.717) is 18.8 Å². The summed E-state index contributed by atoms with van der Waals surface area (Å²) in [5, 5.41) is 3.20. The first-order chi connectivity index (χ1) is 11.5. The molecule has 1 heterocycles. The zero-order valence-corrected chi connectivity index (χ0v) is 14.4. The number of sulfonamides is 1. The molecular formula is C17H22FN3O2S. The predicted molar refractivity (Wildman–Crippen MR) is 95.1 cm³/mol. The molecule has 1 aromatic carbocycles. The first-order valence-corrected chi connectivity index (χ1v) is 9.58. The smallest absolute Gasteiger partial charge is 0.233 e. The van der Waals surface area contributed by atoms with Gasteiger partial charge in [-0.1, -0.05) is 25.5 Å². The number of nitrogens with one attached hydrogen (secondary N) is 2. The van der Waals surface area contributed by atoms with E-state index in [1.54, 1.807) is 30.5 Å². The fraction of sp³-hybridized carbons (Fsp3) is 0.353. The normalized spacial score (nSPS) is 11.2. The first-order valence-electron chi connectivity index (χ1n) is 7.93. The second-order valence-electron chi connectivity index (χ2n) is 5.51. The highest BCUT2D eigenvalue weighted by atomic mass is 32.2. The summed E-state index contributed by atoms with van der Waals surface area (Å²) in [5.74, 6) is 0.172. The maximum absolute atomic E-state index is 12.8. The zero-order valence-electron chi connectivity index (χ0n) is 13.6. The molecule has 2 N–H and O–H groups in total. The van der Waals surface area contributed by atoms with E-state index in [4.69, 9.17) is 0 Å². The largest absolute Gasteiger partial charge is 0.383 e. The molecule has 24 heavy (non-hydrogen) atoms. The van der Waals surface area contributed by atoms with Crippen LogP contribution in [0.4, 0.5) is 15.9 Å². The summed E-state index contributed by atoms with van der Waals surface area (Å²) in [7, 11) is -3.33.